The maximum Gasteiger partial charge on any atom is 0.0108 e. The lowest BCUT2D eigenvalue weighted by atomic mass is 9.70. The summed E-state index contributed by atoms with van der Waals surface area (Å²) < 4.78 is 0. The van der Waals surface area contributed by atoms with Crippen molar-refractivity contribution in [2.24, 2.45) is 17.1 Å². The summed E-state index contributed by atoms with van der Waals surface area (Å²) in [6, 6.07) is 8.97. The Balaban J connectivity index is 1.93. The normalized spacial score (nSPS) is 21.8. The minimum atomic E-state index is 0.335. The van der Waals surface area contributed by atoms with E-state index in [1.54, 1.807) is 0 Å². The Morgan fingerprint density at radius 1 is 1.22 bits per heavy atom. The number of hydrogen-bond donors (Lipinski definition) is 1. The van der Waals surface area contributed by atoms with Crippen LogP contribution in [0.15, 0.2) is 24.3 Å². The van der Waals surface area contributed by atoms with Gasteiger partial charge in [-0.25, -0.2) is 0 Å². The van der Waals surface area contributed by atoms with Crippen molar-refractivity contribution in [3.8, 4) is 0 Å². The summed E-state index contributed by atoms with van der Waals surface area (Å²) in [5.74, 6) is 0.720. The van der Waals surface area contributed by atoms with Gasteiger partial charge in [0.05, 0.1) is 0 Å². The molecule has 1 saturated carbocycles. The van der Waals surface area contributed by atoms with Crippen molar-refractivity contribution < 1.29 is 0 Å². The largest absolute Gasteiger partial charge is 0.327 e. The first-order valence-electron chi connectivity index (χ1n) is 7.28. The van der Waals surface area contributed by atoms with Crippen LogP contribution in [0.2, 0.25) is 0 Å². The highest BCUT2D eigenvalue weighted by Gasteiger charge is 2.29. The summed E-state index contributed by atoms with van der Waals surface area (Å²) in [5, 5.41) is 0. The Morgan fingerprint density at radius 3 is 2.44 bits per heavy atom. The van der Waals surface area contributed by atoms with Crippen molar-refractivity contribution in [2.75, 3.05) is 0 Å². The molecular formula is C17H27N. The second kappa shape index (κ2) is 5.44. The summed E-state index contributed by atoms with van der Waals surface area (Å²) in [6.45, 7) is 6.96. The van der Waals surface area contributed by atoms with Gasteiger partial charge in [-0.05, 0) is 61.5 Å². The van der Waals surface area contributed by atoms with Crippen LogP contribution in [0.1, 0.15) is 50.7 Å². The van der Waals surface area contributed by atoms with E-state index in [9.17, 15) is 0 Å². The molecule has 1 aromatic carbocycles. The molecule has 1 atom stereocenters. The topological polar surface area (TPSA) is 26.0 Å². The Morgan fingerprint density at radius 2 is 1.83 bits per heavy atom. The van der Waals surface area contributed by atoms with Crippen LogP contribution in [0.3, 0.4) is 0 Å². The van der Waals surface area contributed by atoms with Crippen molar-refractivity contribution in [1.82, 2.24) is 0 Å². The molecule has 0 heterocycles. The zero-order chi connectivity index (χ0) is 13.2. The highest BCUT2D eigenvalue weighted by atomic mass is 14.7. The summed E-state index contributed by atoms with van der Waals surface area (Å²) in [7, 11) is 0. The lowest BCUT2D eigenvalue weighted by Gasteiger charge is -2.37. The highest BCUT2D eigenvalue weighted by molar-refractivity contribution is 5.26. The maximum atomic E-state index is 6.44. The molecule has 1 heteroatoms. The van der Waals surface area contributed by atoms with E-state index in [1.807, 2.05) is 0 Å². The molecule has 1 aliphatic carbocycles. The summed E-state index contributed by atoms with van der Waals surface area (Å²) in [4.78, 5) is 0. The van der Waals surface area contributed by atoms with E-state index in [-0.39, 0.29) is 0 Å². The molecule has 100 valence electrons. The fraction of sp³-hybridized carbons (Fsp3) is 0.647. The third kappa shape index (κ3) is 3.35. The van der Waals surface area contributed by atoms with Crippen molar-refractivity contribution >= 4 is 0 Å². The molecular weight excluding hydrogens is 218 g/mol. The first-order valence-corrected chi connectivity index (χ1v) is 7.28. The molecule has 0 bridgehead atoms. The van der Waals surface area contributed by atoms with Gasteiger partial charge in [0.25, 0.3) is 0 Å². The Bertz CT molecular complexity index is 384. The van der Waals surface area contributed by atoms with E-state index in [4.69, 9.17) is 5.73 Å². The third-order valence-corrected chi connectivity index (χ3v) is 4.71. The molecule has 0 amide bonds. The molecule has 0 radical (unpaired) electrons. The third-order valence-electron chi connectivity index (χ3n) is 4.71. The number of aryl methyl sites for hydroxylation is 1. The van der Waals surface area contributed by atoms with E-state index < -0.39 is 0 Å². The fourth-order valence-corrected chi connectivity index (χ4v) is 3.11. The van der Waals surface area contributed by atoms with E-state index in [0.717, 1.165) is 12.3 Å². The molecule has 1 nitrogen and oxygen atoms in total. The van der Waals surface area contributed by atoms with Crippen LogP contribution >= 0.6 is 0 Å². The predicted molar refractivity (Wildman–Crippen MR) is 78.6 cm³/mol. The number of nitrogens with two attached hydrogens (primary N) is 1. The van der Waals surface area contributed by atoms with Crippen LogP contribution < -0.4 is 5.73 Å². The molecule has 2 N–H and O–H groups in total. The van der Waals surface area contributed by atoms with Gasteiger partial charge in [0.2, 0.25) is 0 Å². The van der Waals surface area contributed by atoms with Gasteiger partial charge >= 0.3 is 0 Å². The van der Waals surface area contributed by atoms with Gasteiger partial charge in [-0.2, -0.15) is 0 Å². The molecule has 18 heavy (non-hydrogen) atoms. The molecule has 1 aromatic rings. The molecule has 0 spiro atoms. The molecule has 1 unspecified atom stereocenters. The molecule has 1 fully saturated rings. The molecule has 0 saturated heterocycles. The minimum Gasteiger partial charge on any atom is -0.327 e. The van der Waals surface area contributed by atoms with Crippen LogP contribution in [-0.4, -0.2) is 6.04 Å². The van der Waals surface area contributed by atoms with E-state index in [0.29, 0.717) is 11.5 Å². The Labute approximate surface area is 112 Å². The van der Waals surface area contributed by atoms with Crippen LogP contribution in [-0.2, 0) is 6.42 Å². The highest BCUT2D eigenvalue weighted by Crippen LogP contribution is 2.39. The molecule has 0 aromatic heterocycles. The van der Waals surface area contributed by atoms with Gasteiger partial charge in [-0.3, -0.25) is 0 Å². The molecule has 2 rings (SSSR count). The molecule has 0 aliphatic heterocycles. The predicted octanol–water partition coefficient (Wildman–Crippen LogP) is 4.08. The first kappa shape index (κ1) is 13.6. The van der Waals surface area contributed by atoms with Crippen molar-refractivity contribution in [3.63, 3.8) is 0 Å². The van der Waals surface area contributed by atoms with Crippen molar-refractivity contribution in [2.45, 2.75) is 58.9 Å². The summed E-state index contributed by atoms with van der Waals surface area (Å²) in [6.07, 6.45) is 6.32. The van der Waals surface area contributed by atoms with E-state index >= 15 is 0 Å². The van der Waals surface area contributed by atoms with Crippen molar-refractivity contribution in [1.29, 1.82) is 0 Å². The quantitative estimate of drug-likeness (QED) is 0.853. The average molecular weight is 245 g/mol. The van der Waals surface area contributed by atoms with Gasteiger partial charge in [0.15, 0.2) is 0 Å². The van der Waals surface area contributed by atoms with Gasteiger partial charge in [-0.15, -0.1) is 0 Å². The summed E-state index contributed by atoms with van der Waals surface area (Å²) >= 11 is 0. The second-order valence-corrected chi connectivity index (χ2v) is 6.80. The van der Waals surface area contributed by atoms with E-state index in [2.05, 4.69) is 45.0 Å². The average Bonchev–Trinajstić information content (AvgIpc) is 2.32. The molecule has 1 aliphatic rings. The standard InChI is InChI=1S/C17H27N/c1-13-6-4-5-7-15(13)12-16(18)14-8-10-17(2,3)11-9-14/h4-7,14,16H,8-12,18H2,1-3H3. The fourth-order valence-electron chi connectivity index (χ4n) is 3.11. The number of rotatable bonds is 3. The lowest BCUT2D eigenvalue weighted by molar-refractivity contribution is 0.173. The van der Waals surface area contributed by atoms with Gasteiger partial charge in [0.1, 0.15) is 0 Å². The van der Waals surface area contributed by atoms with Crippen LogP contribution in [0.25, 0.3) is 0 Å². The van der Waals surface area contributed by atoms with Gasteiger partial charge < -0.3 is 5.73 Å². The zero-order valence-corrected chi connectivity index (χ0v) is 12.1. The van der Waals surface area contributed by atoms with Crippen LogP contribution in [0.5, 0.6) is 0 Å². The lowest BCUT2D eigenvalue weighted by Crippen LogP contribution is -2.36. The Hall–Kier alpha value is -0.820. The van der Waals surface area contributed by atoms with Gasteiger partial charge in [0, 0.05) is 6.04 Å². The minimum absolute atomic E-state index is 0.335. The van der Waals surface area contributed by atoms with Crippen LogP contribution in [0, 0.1) is 18.3 Å². The smallest absolute Gasteiger partial charge is 0.0108 e. The second-order valence-electron chi connectivity index (χ2n) is 6.80. The monoisotopic (exact) mass is 245 g/mol. The van der Waals surface area contributed by atoms with E-state index in [1.165, 1.54) is 36.8 Å². The Kier molecular flexibility index (Phi) is 4.11. The zero-order valence-electron chi connectivity index (χ0n) is 12.1. The van der Waals surface area contributed by atoms with Gasteiger partial charge in [-0.1, -0.05) is 38.1 Å². The maximum absolute atomic E-state index is 6.44. The SMILES string of the molecule is Cc1ccccc1CC(N)C1CCC(C)(C)CC1. The first-order chi connectivity index (χ1) is 8.48. The number of benzene rings is 1. The number of hydrogen-bond acceptors (Lipinski definition) is 1. The van der Waals surface area contributed by atoms with Crippen molar-refractivity contribution in [3.05, 3.63) is 35.4 Å². The summed E-state index contributed by atoms with van der Waals surface area (Å²) in [5.41, 5.74) is 9.78. The van der Waals surface area contributed by atoms with Crippen LogP contribution in [0.4, 0.5) is 0 Å².